The Labute approximate surface area is 112 Å². The zero-order valence-corrected chi connectivity index (χ0v) is 11.1. The SMILES string of the molecule is CCOCCO[C@H]1CCN(C(=O)c2cnccn2)C1. The Morgan fingerprint density at radius 3 is 3.11 bits per heavy atom. The van der Waals surface area contributed by atoms with Gasteiger partial charge in [-0.1, -0.05) is 0 Å². The van der Waals surface area contributed by atoms with Crippen LogP contribution in [0.2, 0.25) is 0 Å². The number of likely N-dealkylation sites (tertiary alicyclic amines) is 1. The Morgan fingerprint density at radius 1 is 1.47 bits per heavy atom. The fraction of sp³-hybridized carbons (Fsp3) is 0.615. The van der Waals surface area contributed by atoms with Gasteiger partial charge in [0.1, 0.15) is 5.69 Å². The highest BCUT2D eigenvalue weighted by Gasteiger charge is 2.28. The summed E-state index contributed by atoms with van der Waals surface area (Å²) < 4.78 is 10.9. The van der Waals surface area contributed by atoms with Crippen LogP contribution in [0.4, 0.5) is 0 Å². The predicted octanol–water partition coefficient (Wildman–Crippen LogP) is 0.744. The minimum Gasteiger partial charge on any atom is -0.379 e. The Morgan fingerprint density at radius 2 is 2.37 bits per heavy atom. The van der Waals surface area contributed by atoms with Gasteiger partial charge in [0, 0.05) is 32.1 Å². The van der Waals surface area contributed by atoms with Crippen molar-refractivity contribution in [1.82, 2.24) is 14.9 Å². The van der Waals surface area contributed by atoms with E-state index in [4.69, 9.17) is 9.47 Å². The van der Waals surface area contributed by atoms with Crippen molar-refractivity contribution >= 4 is 5.91 Å². The first-order valence-electron chi connectivity index (χ1n) is 6.56. The van der Waals surface area contributed by atoms with Crippen molar-refractivity contribution in [2.24, 2.45) is 0 Å². The average molecular weight is 265 g/mol. The number of nitrogens with zero attached hydrogens (tertiary/aromatic N) is 3. The molecule has 0 aliphatic carbocycles. The number of aromatic nitrogens is 2. The van der Waals surface area contributed by atoms with Crippen molar-refractivity contribution < 1.29 is 14.3 Å². The van der Waals surface area contributed by atoms with Gasteiger partial charge in [0.2, 0.25) is 0 Å². The monoisotopic (exact) mass is 265 g/mol. The van der Waals surface area contributed by atoms with Gasteiger partial charge in [-0.25, -0.2) is 4.98 Å². The molecule has 1 fully saturated rings. The van der Waals surface area contributed by atoms with E-state index >= 15 is 0 Å². The molecular weight excluding hydrogens is 246 g/mol. The fourth-order valence-corrected chi connectivity index (χ4v) is 2.04. The standard InChI is InChI=1S/C13H19N3O3/c1-2-18-7-8-19-11-3-6-16(10-11)13(17)12-9-14-4-5-15-12/h4-5,9,11H,2-3,6-8,10H2,1H3/t11-/m0/s1. The quantitative estimate of drug-likeness (QED) is 0.710. The highest BCUT2D eigenvalue weighted by atomic mass is 16.5. The second-order valence-electron chi connectivity index (χ2n) is 4.32. The van der Waals surface area contributed by atoms with Gasteiger partial charge < -0.3 is 14.4 Å². The zero-order chi connectivity index (χ0) is 13.5. The summed E-state index contributed by atoms with van der Waals surface area (Å²) in [6, 6.07) is 0. The number of carbonyl (C=O) groups excluding carboxylic acids is 1. The molecule has 1 aliphatic rings. The number of carbonyl (C=O) groups is 1. The van der Waals surface area contributed by atoms with Gasteiger partial charge in [-0.15, -0.1) is 0 Å². The lowest BCUT2D eigenvalue weighted by Gasteiger charge is -2.16. The molecule has 2 heterocycles. The molecule has 0 radical (unpaired) electrons. The summed E-state index contributed by atoms with van der Waals surface area (Å²) in [6.45, 7) is 5.15. The molecule has 6 heteroatoms. The topological polar surface area (TPSA) is 64.6 Å². The molecule has 0 N–H and O–H groups in total. The Kier molecular flexibility index (Phi) is 5.23. The van der Waals surface area contributed by atoms with Gasteiger partial charge in [-0.3, -0.25) is 9.78 Å². The summed E-state index contributed by atoms with van der Waals surface area (Å²) in [5, 5.41) is 0. The minimum absolute atomic E-state index is 0.0796. The molecule has 1 atom stereocenters. The van der Waals surface area contributed by atoms with E-state index in [1.165, 1.54) is 12.4 Å². The number of rotatable bonds is 6. The van der Waals surface area contributed by atoms with Crippen LogP contribution in [0.3, 0.4) is 0 Å². The zero-order valence-electron chi connectivity index (χ0n) is 11.1. The van der Waals surface area contributed by atoms with Gasteiger partial charge in [0.15, 0.2) is 0 Å². The molecule has 0 saturated carbocycles. The molecule has 0 aromatic carbocycles. The van der Waals surface area contributed by atoms with Crippen LogP contribution >= 0.6 is 0 Å². The second-order valence-corrected chi connectivity index (χ2v) is 4.32. The van der Waals surface area contributed by atoms with Crippen LogP contribution in [0.15, 0.2) is 18.6 Å². The van der Waals surface area contributed by atoms with Crippen molar-refractivity contribution in [3.63, 3.8) is 0 Å². The van der Waals surface area contributed by atoms with E-state index in [0.29, 0.717) is 38.6 Å². The Bertz CT molecular complexity index is 399. The molecule has 1 aromatic heterocycles. The highest BCUT2D eigenvalue weighted by Crippen LogP contribution is 2.14. The normalized spacial score (nSPS) is 18.8. The second kappa shape index (κ2) is 7.16. The molecule has 2 rings (SSSR count). The van der Waals surface area contributed by atoms with Crippen LogP contribution in [-0.4, -0.2) is 59.8 Å². The third-order valence-corrected chi connectivity index (χ3v) is 3.00. The van der Waals surface area contributed by atoms with E-state index in [1.807, 2.05) is 6.92 Å². The van der Waals surface area contributed by atoms with Crippen molar-refractivity contribution in [3.8, 4) is 0 Å². The molecule has 0 unspecified atom stereocenters. The fourth-order valence-electron chi connectivity index (χ4n) is 2.04. The van der Waals surface area contributed by atoms with Crippen LogP contribution in [0.1, 0.15) is 23.8 Å². The molecular formula is C13H19N3O3. The van der Waals surface area contributed by atoms with Crippen LogP contribution in [0.5, 0.6) is 0 Å². The molecule has 1 aliphatic heterocycles. The predicted molar refractivity (Wildman–Crippen MR) is 68.8 cm³/mol. The maximum absolute atomic E-state index is 12.1. The van der Waals surface area contributed by atoms with Crippen LogP contribution < -0.4 is 0 Å². The Balaban J connectivity index is 1.77. The smallest absolute Gasteiger partial charge is 0.274 e. The van der Waals surface area contributed by atoms with Crippen molar-refractivity contribution in [1.29, 1.82) is 0 Å². The third kappa shape index (κ3) is 3.97. The lowest BCUT2D eigenvalue weighted by Crippen LogP contribution is -2.31. The number of amides is 1. The molecule has 104 valence electrons. The van der Waals surface area contributed by atoms with E-state index in [9.17, 15) is 4.79 Å². The van der Waals surface area contributed by atoms with Gasteiger partial charge in [-0.05, 0) is 13.3 Å². The summed E-state index contributed by atoms with van der Waals surface area (Å²) in [4.78, 5) is 21.8. The first kappa shape index (κ1) is 13.9. The van der Waals surface area contributed by atoms with E-state index in [-0.39, 0.29) is 12.0 Å². The first-order valence-corrected chi connectivity index (χ1v) is 6.56. The molecule has 6 nitrogen and oxygen atoms in total. The van der Waals surface area contributed by atoms with Gasteiger partial charge in [0.25, 0.3) is 5.91 Å². The van der Waals surface area contributed by atoms with Gasteiger partial charge in [0.05, 0.1) is 25.5 Å². The number of hydrogen-bond acceptors (Lipinski definition) is 5. The molecule has 1 amide bonds. The van der Waals surface area contributed by atoms with Crippen LogP contribution in [0.25, 0.3) is 0 Å². The summed E-state index contributed by atoms with van der Waals surface area (Å²) in [7, 11) is 0. The van der Waals surface area contributed by atoms with Gasteiger partial charge in [-0.2, -0.15) is 0 Å². The molecule has 0 spiro atoms. The lowest BCUT2D eigenvalue weighted by molar-refractivity contribution is 0.0120. The van der Waals surface area contributed by atoms with E-state index in [0.717, 1.165) is 6.42 Å². The largest absolute Gasteiger partial charge is 0.379 e. The maximum Gasteiger partial charge on any atom is 0.274 e. The van der Waals surface area contributed by atoms with E-state index in [1.54, 1.807) is 11.1 Å². The van der Waals surface area contributed by atoms with Crippen LogP contribution in [-0.2, 0) is 9.47 Å². The lowest BCUT2D eigenvalue weighted by atomic mass is 10.3. The molecule has 0 bridgehead atoms. The van der Waals surface area contributed by atoms with E-state index in [2.05, 4.69) is 9.97 Å². The summed E-state index contributed by atoms with van der Waals surface area (Å²) in [5.41, 5.74) is 0.387. The number of hydrogen-bond donors (Lipinski definition) is 0. The van der Waals surface area contributed by atoms with Crippen LogP contribution in [0, 0.1) is 0 Å². The summed E-state index contributed by atoms with van der Waals surface area (Å²) in [5.74, 6) is -0.0796. The minimum atomic E-state index is -0.0796. The number of ether oxygens (including phenoxy) is 2. The summed E-state index contributed by atoms with van der Waals surface area (Å²) >= 11 is 0. The van der Waals surface area contributed by atoms with Gasteiger partial charge >= 0.3 is 0 Å². The molecule has 1 saturated heterocycles. The first-order chi connectivity index (χ1) is 9.31. The van der Waals surface area contributed by atoms with Crippen molar-refractivity contribution in [2.75, 3.05) is 32.9 Å². The third-order valence-electron chi connectivity index (χ3n) is 3.00. The average Bonchev–Trinajstić information content (AvgIpc) is 2.92. The molecule has 1 aromatic rings. The van der Waals surface area contributed by atoms with Crippen molar-refractivity contribution in [3.05, 3.63) is 24.3 Å². The Hall–Kier alpha value is -1.53. The van der Waals surface area contributed by atoms with Crippen molar-refractivity contribution in [2.45, 2.75) is 19.4 Å². The van der Waals surface area contributed by atoms with E-state index < -0.39 is 0 Å². The highest BCUT2D eigenvalue weighted by molar-refractivity contribution is 5.92. The maximum atomic E-state index is 12.1. The summed E-state index contributed by atoms with van der Waals surface area (Å²) in [6.07, 6.45) is 5.53. The molecule has 19 heavy (non-hydrogen) atoms.